The number of thiazole rings is 1. The molecule has 1 spiro atoms. The van der Waals surface area contributed by atoms with Crippen LogP contribution in [0.25, 0.3) is 0 Å². The van der Waals surface area contributed by atoms with Crippen LogP contribution in [0.5, 0.6) is 0 Å². The lowest BCUT2D eigenvalue weighted by Crippen LogP contribution is -2.58. The van der Waals surface area contributed by atoms with E-state index in [1.807, 2.05) is 6.07 Å². The molecule has 6 nitrogen and oxygen atoms in total. The van der Waals surface area contributed by atoms with Crippen molar-refractivity contribution in [3.8, 4) is 6.07 Å². The third kappa shape index (κ3) is 3.22. The first kappa shape index (κ1) is 18.7. The average molecular weight is 403 g/mol. The number of carbonyl (C=O) groups is 1. The Morgan fingerprint density at radius 1 is 1.29 bits per heavy atom. The number of pyridine rings is 1. The summed E-state index contributed by atoms with van der Waals surface area (Å²) in [6.07, 6.45) is 6.13. The summed E-state index contributed by atoms with van der Waals surface area (Å²) >= 11 is 1.15. The van der Waals surface area contributed by atoms with Crippen molar-refractivity contribution in [1.82, 2.24) is 15.0 Å². The van der Waals surface area contributed by atoms with Gasteiger partial charge in [0.15, 0.2) is 5.01 Å². The fraction of sp³-hybridized carbons (Fsp3) is 0.474. The maximum absolute atomic E-state index is 13.6. The smallest absolute Gasteiger partial charge is 0.292 e. The number of amides is 1. The Morgan fingerprint density at radius 3 is 2.50 bits per heavy atom. The molecule has 2 fully saturated rings. The van der Waals surface area contributed by atoms with E-state index in [0.717, 1.165) is 62.0 Å². The van der Waals surface area contributed by atoms with Crippen LogP contribution in [0.15, 0.2) is 12.1 Å². The molecular formula is C19H19F2N5OS. The fourth-order valence-electron chi connectivity index (χ4n) is 4.44. The first-order valence-corrected chi connectivity index (χ1v) is 10.0. The summed E-state index contributed by atoms with van der Waals surface area (Å²) in [6.45, 7) is 1.74. The molecule has 2 saturated carbocycles. The van der Waals surface area contributed by atoms with Crippen LogP contribution >= 0.6 is 11.3 Å². The largest absolute Gasteiger partial charge is 0.295 e. The van der Waals surface area contributed by atoms with E-state index in [1.165, 1.54) is 5.01 Å². The van der Waals surface area contributed by atoms with Gasteiger partial charge < -0.3 is 0 Å². The molecule has 0 aromatic carbocycles. The van der Waals surface area contributed by atoms with Crippen LogP contribution in [-0.4, -0.2) is 26.9 Å². The lowest BCUT2D eigenvalue weighted by atomic mass is 9.63. The van der Waals surface area contributed by atoms with Gasteiger partial charge in [0.1, 0.15) is 11.8 Å². The highest BCUT2D eigenvalue weighted by atomic mass is 32.1. The molecule has 0 unspecified atom stereocenters. The van der Waals surface area contributed by atoms with E-state index in [-0.39, 0.29) is 33.8 Å². The van der Waals surface area contributed by atoms with Crippen LogP contribution in [0.2, 0.25) is 0 Å². The topological polar surface area (TPSA) is 81.9 Å². The maximum atomic E-state index is 13.6. The van der Waals surface area contributed by atoms with E-state index >= 15 is 0 Å². The van der Waals surface area contributed by atoms with E-state index in [9.17, 15) is 13.6 Å². The zero-order valence-corrected chi connectivity index (χ0v) is 16.2. The predicted octanol–water partition coefficient (Wildman–Crippen LogP) is 4.19. The summed E-state index contributed by atoms with van der Waals surface area (Å²) in [5.74, 6) is -2.31. The van der Waals surface area contributed by atoms with Crippen molar-refractivity contribution in [2.45, 2.75) is 51.5 Å². The second kappa shape index (κ2) is 7.09. The van der Waals surface area contributed by atoms with E-state index < -0.39 is 11.9 Å². The number of carbonyl (C=O) groups excluding carboxylic acids is 1. The van der Waals surface area contributed by atoms with Crippen molar-refractivity contribution in [2.75, 3.05) is 5.43 Å². The van der Waals surface area contributed by atoms with Crippen molar-refractivity contribution in [3.63, 3.8) is 0 Å². The number of nitriles is 1. The van der Waals surface area contributed by atoms with Gasteiger partial charge in [0.05, 0.1) is 11.7 Å². The Bertz CT molecular complexity index is 943. The van der Waals surface area contributed by atoms with Crippen LogP contribution in [0.4, 0.5) is 14.5 Å². The third-order valence-electron chi connectivity index (χ3n) is 5.86. The molecule has 2 aromatic heterocycles. The molecule has 2 aliphatic rings. The minimum Gasteiger partial charge on any atom is -0.295 e. The standard InChI is InChI=1S/C19H19F2N5OS/c1-11-17(24-16(10-22)28-11)18(27)26(13-4-7-19(13)5-2-3-6-19)25-12-8-14(20)23-15(21)9-12/h8-9,13H,2-7H2,1H3,(H,23,25)/t13-/m1/s1. The molecule has 4 rings (SSSR count). The SMILES string of the molecule is Cc1sc(C#N)nc1C(=O)N(Nc1cc(F)nc(F)c1)[C@@H]1CCC12CCCC2. The van der Waals surface area contributed by atoms with Gasteiger partial charge in [0, 0.05) is 17.0 Å². The zero-order chi connectivity index (χ0) is 19.9. The maximum Gasteiger partial charge on any atom is 0.292 e. The van der Waals surface area contributed by atoms with E-state index in [0.29, 0.717) is 4.88 Å². The lowest BCUT2D eigenvalue weighted by Gasteiger charge is -2.52. The Morgan fingerprint density at radius 2 is 1.96 bits per heavy atom. The Hall–Kier alpha value is -2.60. The van der Waals surface area contributed by atoms with Gasteiger partial charge in [-0.2, -0.15) is 19.0 Å². The van der Waals surface area contributed by atoms with Gasteiger partial charge in [-0.15, -0.1) is 11.3 Å². The number of nitrogens with one attached hydrogen (secondary N) is 1. The molecule has 1 atom stereocenters. The summed E-state index contributed by atoms with van der Waals surface area (Å²) in [5.41, 5.74) is 3.26. The molecule has 9 heteroatoms. The van der Waals surface area contributed by atoms with Gasteiger partial charge in [-0.25, -0.2) is 9.99 Å². The number of aromatic nitrogens is 2. The van der Waals surface area contributed by atoms with Crippen LogP contribution in [0, 0.1) is 35.6 Å². The number of aryl methyl sites for hydroxylation is 1. The molecule has 2 heterocycles. The number of nitrogens with zero attached hydrogens (tertiary/aromatic N) is 4. The second-order valence-electron chi connectivity index (χ2n) is 7.45. The van der Waals surface area contributed by atoms with Gasteiger partial charge >= 0.3 is 0 Å². The Labute approximate surface area is 165 Å². The molecule has 146 valence electrons. The molecular weight excluding hydrogens is 384 g/mol. The van der Waals surface area contributed by atoms with E-state index in [4.69, 9.17) is 5.26 Å². The predicted molar refractivity (Wildman–Crippen MR) is 99.4 cm³/mol. The van der Waals surface area contributed by atoms with Crippen LogP contribution in [0.1, 0.15) is 58.9 Å². The molecule has 0 saturated heterocycles. The number of rotatable bonds is 4. The monoisotopic (exact) mass is 403 g/mol. The molecule has 1 amide bonds. The highest BCUT2D eigenvalue weighted by Gasteiger charge is 2.52. The average Bonchev–Trinajstić information content (AvgIpc) is 3.27. The minimum absolute atomic E-state index is 0.0365. The van der Waals surface area contributed by atoms with Crippen molar-refractivity contribution in [2.24, 2.45) is 5.41 Å². The molecule has 2 aliphatic carbocycles. The second-order valence-corrected chi connectivity index (χ2v) is 8.65. The minimum atomic E-state index is -0.962. The number of hydrogen-bond donors (Lipinski definition) is 1. The molecule has 0 radical (unpaired) electrons. The van der Waals surface area contributed by atoms with Crippen molar-refractivity contribution >= 4 is 22.9 Å². The Balaban J connectivity index is 1.69. The highest BCUT2D eigenvalue weighted by molar-refractivity contribution is 7.12. The summed E-state index contributed by atoms with van der Waals surface area (Å²) in [6, 6.07) is 3.98. The zero-order valence-electron chi connectivity index (χ0n) is 15.3. The van der Waals surface area contributed by atoms with Crippen molar-refractivity contribution < 1.29 is 13.6 Å². The normalized spacial score (nSPS) is 19.9. The van der Waals surface area contributed by atoms with Crippen LogP contribution < -0.4 is 5.43 Å². The van der Waals surface area contributed by atoms with Crippen LogP contribution in [-0.2, 0) is 0 Å². The van der Waals surface area contributed by atoms with Gasteiger partial charge in [-0.05, 0) is 38.0 Å². The van der Waals surface area contributed by atoms with Gasteiger partial charge in [-0.1, -0.05) is 12.8 Å². The quantitative estimate of drug-likeness (QED) is 0.611. The number of halogens is 2. The fourth-order valence-corrected chi connectivity index (χ4v) is 5.14. The van der Waals surface area contributed by atoms with Crippen molar-refractivity contribution in [3.05, 3.63) is 39.6 Å². The van der Waals surface area contributed by atoms with E-state index in [1.54, 1.807) is 6.92 Å². The van der Waals surface area contributed by atoms with Gasteiger partial charge in [0.2, 0.25) is 11.9 Å². The lowest BCUT2D eigenvalue weighted by molar-refractivity contribution is -0.00372. The molecule has 2 aromatic rings. The summed E-state index contributed by atoms with van der Waals surface area (Å²) in [4.78, 5) is 21.2. The van der Waals surface area contributed by atoms with Gasteiger partial charge in [0.25, 0.3) is 5.91 Å². The highest BCUT2D eigenvalue weighted by Crippen LogP contribution is 2.55. The summed E-state index contributed by atoms with van der Waals surface area (Å²) in [5, 5.41) is 10.8. The molecule has 28 heavy (non-hydrogen) atoms. The Kier molecular flexibility index (Phi) is 4.75. The van der Waals surface area contributed by atoms with E-state index in [2.05, 4.69) is 15.4 Å². The van der Waals surface area contributed by atoms with Gasteiger partial charge in [-0.3, -0.25) is 10.2 Å². The third-order valence-corrected chi connectivity index (χ3v) is 6.73. The number of anilines is 1. The molecule has 0 aliphatic heterocycles. The number of hydrogen-bond acceptors (Lipinski definition) is 6. The first-order valence-electron chi connectivity index (χ1n) is 9.23. The van der Waals surface area contributed by atoms with Crippen molar-refractivity contribution in [1.29, 1.82) is 5.26 Å². The summed E-state index contributed by atoms with van der Waals surface area (Å²) in [7, 11) is 0. The molecule has 0 bridgehead atoms. The first-order chi connectivity index (χ1) is 13.4. The number of hydrazine groups is 1. The molecule has 1 N–H and O–H groups in total. The summed E-state index contributed by atoms with van der Waals surface area (Å²) < 4.78 is 27.1. The van der Waals surface area contributed by atoms with Crippen LogP contribution in [0.3, 0.4) is 0 Å².